The number of esters is 3. The zero-order valence-corrected chi connectivity index (χ0v) is 32.1. The van der Waals surface area contributed by atoms with E-state index in [0.29, 0.717) is 0 Å². The number of hydrogen-bond acceptors (Lipinski definition) is 11. The zero-order valence-electron chi connectivity index (χ0n) is 31.1. The summed E-state index contributed by atoms with van der Waals surface area (Å²) in [7, 11) is -2.49. The molecule has 1 unspecified atom stereocenters. The molecule has 0 radical (unpaired) electrons. The molecule has 3 fully saturated rings. The monoisotopic (exact) mass is 706 g/mol. The molecule has 1 aliphatic heterocycles. The molecule has 1 saturated heterocycles. The zero-order chi connectivity index (χ0) is 36.3. The van der Waals surface area contributed by atoms with E-state index in [4.69, 9.17) is 23.4 Å². The van der Waals surface area contributed by atoms with Gasteiger partial charge in [-0.25, -0.2) is 4.79 Å². The molecule has 5 rings (SSSR count). The van der Waals surface area contributed by atoms with Crippen molar-refractivity contribution in [2.75, 3.05) is 6.61 Å². The summed E-state index contributed by atoms with van der Waals surface area (Å²) in [5, 5.41) is 27.1. The first-order valence-electron chi connectivity index (χ1n) is 17.4. The average Bonchev–Trinajstić information content (AvgIpc) is 3.04. The summed E-state index contributed by atoms with van der Waals surface area (Å²) < 4.78 is 32.1. The molecule has 1 aromatic rings. The van der Waals surface area contributed by atoms with Crippen LogP contribution in [-0.2, 0) is 37.8 Å². The van der Waals surface area contributed by atoms with E-state index in [1.807, 2.05) is 0 Å². The van der Waals surface area contributed by atoms with Gasteiger partial charge in [-0.15, -0.1) is 6.10 Å². The van der Waals surface area contributed by atoms with E-state index < -0.39 is 96.9 Å². The number of carbonyl (C=O) groups is 4. The Kier molecular flexibility index (Phi) is 11.5. The normalized spacial score (nSPS) is 35.9. The summed E-state index contributed by atoms with van der Waals surface area (Å²) in [6, 6.07) is 10.5. The SMILES string of the molecule is CC[Si](CC)(CC)O[C@H]1C[C@H]2OC[C@@]2(OC(C)=O)C2[C@H](OC(=O)c3ccccc3)[C@]3(O)C[C@H]([O-])C(C)=C(C(=O)[C@@H](OC(C)=O)[C@@]21C)C3(C)C.[Li+]. The van der Waals surface area contributed by atoms with Crippen LogP contribution in [0, 0.1) is 16.7 Å². The molecule has 1 aromatic carbocycles. The van der Waals surface area contributed by atoms with Crippen molar-refractivity contribution in [1.82, 2.24) is 0 Å². The maximum atomic E-state index is 15.1. The third-order valence-corrected chi connectivity index (χ3v) is 17.1. The first kappa shape index (κ1) is 40.5. The number of ketones is 1. The Balaban J connectivity index is 0.00000562. The van der Waals surface area contributed by atoms with E-state index in [1.54, 1.807) is 58.0 Å². The van der Waals surface area contributed by atoms with Crippen LogP contribution in [0.5, 0.6) is 0 Å². The third kappa shape index (κ3) is 6.06. The fourth-order valence-corrected chi connectivity index (χ4v) is 12.4. The average molecular weight is 707 g/mol. The van der Waals surface area contributed by atoms with Gasteiger partial charge in [-0.05, 0) is 43.6 Å². The van der Waals surface area contributed by atoms with Crippen LogP contribution in [0.2, 0.25) is 18.1 Å². The van der Waals surface area contributed by atoms with Crippen molar-refractivity contribution in [3.8, 4) is 0 Å². The number of ether oxygens (including phenoxy) is 4. The summed E-state index contributed by atoms with van der Waals surface area (Å²) >= 11 is 0. The predicted octanol–water partition coefficient (Wildman–Crippen LogP) is 1.05. The van der Waals surface area contributed by atoms with E-state index in [9.17, 15) is 24.6 Å². The number of hydrogen-bond donors (Lipinski definition) is 1. The predicted molar refractivity (Wildman–Crippen MR) is 179 cm³/mol. The van der Waals surface area contributed by atoms with Gasteiger partial charge in [-0.2, -0.15) is 0 Å². The minimum Gasteiger partial charge on any atom is -0.849 e. The van der Waals surface area contributed by atoms with Gasteiger partial charge in [0.1, 0.15) is 17.8 Å². The number of carbonyl (C=O) groups excluding carboxylic acids is 4. The molecule has 270 valence electrons. The molecule has 9 atom stereocenters. The van der Waals surface area contributed by atoms with E-state index in [0.717, 1.165) is 18.1 Å². The van der Waals surface area contributed by atoms with Gasteiger partial charge in [0.2, 0.25) is 5.78 Å². The second-order valence-electron chi connectivity index (χ2n) is 15.1. The van der Waals surface area contributed by atoms with Crippen molar-refractivity contribution in [2.24, 2.45) is 16.7 Å². The molecule has 2 bridgehead atoms. The summed E-state index contributed by atoms with van der Waals surface area (Å²) in [6.45, 7) is 15.1. The quantitative estimate of drug-likeness (QED) is 0.223. The second-order valence-corrected chi connectivity index (χ2v) is 19.8. The van der Waals surface area contributed by atoms with Crippen molar-refractivity contribution in [1.29, 1.82) is 0 Å². The van der Waals surface area contributed by atoms with Crippen LogP contribution in [0.25, 0.3) is 0 Å². The van der Waals surface area contributed by atoms with Crippen molar-refractivity contribution in [2.45, 2.75) is 135 Å². The molecule has 0 amide bonds. The van der Waals surface area contributed by atoms with Gasteiger partial charge in [0.05, 0.1) is 24.2 Å². The summed E-state index contributed by atoms with van der Waals surface area (Å²) in [5.74, 6) is -4.02. The van der Waals surface area contributed by atoms with Crippen LogP contribution in [-0.4, -0.2) is 85.4 Å². The Labute approximate surface area is 308 Å². The fourth-order valence-electron chi connectivity index (χ4n) is 9.41. The molecular weight excluding hydrogens is 655 g/mol. The number of aliphatic hydroxyl groups is 1. The van der Waals surface area contributed by atoms with Crippen molar-refractivity contribution in [3.63, 3.8) is 0 Å². The standard InChI is InChI=1S/C37H51O11Si.Li/c1-10-49(11-2,12-3)48-26-18-27-36(20-44-27,47-23(6)39)30-32(46-33(42)24-16-14-13-15-17-24)37(43)19-25(40)21(4)28(34(37,7)8)29(41)31(35(26,30)9)45-22(5)38;/h13-17,25-27,30-32,43H,10-12,18-20H2,1-9H3;/q-1;+1/t25-,26-,27+,30?,31+,32-,35+,36-,37+;/m0./s1. The molecule has 11 nitrogen and oxygen atoms in total. The number of Topliss-reactive ketones (excluding diaryl/α,β-unsaturated/α-hetero) is 1. The van der Waals surface area contributed by atoms with E-state index >= 15 is 4.79 Å². The third-order valence-electron chi connectivity index (χ3n) is 12.5. The molecule has 0 spiro atoms. The molecular formula is C37H51LiO11Si. The maximum Gasteiger partial charge on any atom is 1.00 e. The topological polar surface area (TPSA) is 158 Å². The Morgan fingerprint density at radius 3 is 2.10 bits per heavy atom. The second kappa shape index (κ2) is 14.3. The molecule has 4 aliphatic rings. The van der Waals surface area contributed by atoms with Gasteiger partial charge >= 0.3 is 36.8 Å². The van der Waals surface area contributed by atoms with Gasteiger partial charge in [0.15, 0.2) is 20.0 Å². The molecule has 50 heavy (non-hydrogen) atoms. The van der Waals surface area contributed by atoms with E-state index in [1.165, 1.54) is 13.8 Å². The number of benzene rings is 1. The van der Waals surface area contributed by atoms with Gasteiger partial charge in [0.25, 0.3) is 0 Å². The van der Waals surface area contributed by atoms with Crippen LogP contribution in [0.15, 0.2) is 41.5 Å². The van der Waals surface area contributed by atoms with E-state index in [-0.39, 0.29) is 48.6 Å². The Morgan fingerprint density at radius 1 is 1.00 bits per heavy atom. The largest absolute Gasteiger partial charge is 1.00 e. The Hall–Kier alpha value is -2.31. The molecule has 0 aromatic heterocycles. The molecule has 2 saturated carbocycles. The maximum absolute atomic E-state index is 15.1. The number of fused-ring (bicyclic) bond motifs is 5. The minimum absolute atomic E-state index is 0. The number of rotatable bonds is 9. The van der Waals surface area contributed by atoms with Gasteiger partial charge < -0.3 is 33.6 Å². The first-order chi connectivity index (χ1) is 22.9. The van der Waals surface area contributed by atoms with Crippen LogP contribution < -0.4 is 24.0 Å². The van der Waals surface area contributed by atoms with Crippen molar-refractivity contribution >= 4 is 32.0 Å². The summed E-state index contributed by atoms with van der Waals surface area (Å²) in [6.07, 6.45) is -6.46. The Morgan fingerprint density at radius 2 is 1.60 bits per heavy atom. The fraction of sp³-hybridized carbons (Fsp3) is 0.676. The first-order valence-corrected chi connectivity index (χ1v) is 20.0. The van der Waals surface area contributed by atoms with Gasteiger partial charge in [0, 0.05) is 36.7 Å². The molecule has 13 heteroatoms. The van der Waals surface area contributed by atoms with E-state index in [2.05, 4.69) is 20.8 Å². The minimum atomic E-state index is -2.49. The van der Waals surface area contributed by atoms with Crippen LogP contribution in [0.3, 0.4) is 0 Å². The molecule has 1 N–H and O–H groups in total. The van der Waals surface area contributed by atoms with Crippen molar-refractivity contribution < 1.29 is 71.6 Å². The van der Waals surface area contributed by atoms with Crippen molar-refractivity contribution in [3.05, 3.63) is 47.0 Å². The summed E-state index contributed by atoms with van der Waals surface area (Å²) in [4.78, 5) is 55.3. The van der Waals surface area contributed by atoms with Crippen LogP contribution in [0.1, 0.15) is 85.5 Å². The van der Waals surface area contributed by atoms with Crippen LogP contribution in [0.4, 0.5) is 0 Å². The smallest absolute Gasteiger partial charge is 0.849 e. The summed E-state index contributed by atoms with van der Waals surface area (Å²) in [5.41, 5.74) is -6.27. The molecule has 3 aliphatic carbocycles. The molecule has 1 heterocycles. The van der Waals surface area contributed by atoms with Gasteiger partial charge in [-0.1, -0.05) is 65.3 Å². The Bertz CT molecular complexity index is 1520. The van der Waals surface area contributed by atoms with Crippen LogP contribution >= 0.6 is 0 Å². The van der Waals surface area contributed by atoms with Gasteiger partial charge in [-0.3, -0.25) is 14.4 Å².